The van der Waals surface area contributed by atoms with E-state index in [2.05, 4.69) is 23.1 Å². The molecule has 0 unspecified atom stereocenters. The number of aliphatic imine (C=N–C) groups is 1. The zero-order valence-electron chi connectivity index (χ0n) is 11.2. The summed E-state index contributed by atoms with van der Waals surface area (Å²) in [6.45, 7) is 7.53. The molecule has 2 heteroatoms. The summed E-state index contributed by atoms with van der Waals surface area (Å²) in [5.74, 6) is 0. The largest absolute Gasteiger partial charge is 0.257 e. The van der Waals surface area contributed by atoms with E-state index in [-0.39, 0.29) is 0 Å². The molecular formula is C18H16N2. The van der Waals surface area contributed by atoms with E-state index >= 15 is 0 Å². The van der Waals surface area contributed by atoms with Crippen LogP contribution in [0.5, 0.6) is 0 Å². The highest BCUT2D eigenvalue weighted by molar-refractivity contribution is 6.13. The van der Waals surface area contributed by atoms with Gasteiger partial charge in [0.2, 0.25) is 0 Å². The summed E-state index contributed by atoms with van der Waals surface area (Å²) >= 11 is 0. The average Bonchev–Trinajstić information content (AvgIpc) is 2.53. The van der Waals surface area contributed by atoms with E-state index in [4.69, 9.17) is 0 Å². The third-order valence-corrected chi connectivity index (χ3v) is 2.77. The van der Waals surface area contributed by atoms with Crippen LogP contribution >= 0.6 is 0 Å². The second-order valence-corrected chi connectivity index (χ2v) is 4.08. The molecule has 0 aliphatic heterocycles. The average molecular weight is 260 g/mol. The van der Waals surface area contributed by atoms with E-state index in [0.29, 0.717) is 0 Å². The second-order valence-electron chi connectivity index (χ2n) is 4.08. The summed E-state index contributed by atoms with van der Waals surface area (Å²) in [4.78, 5) is 8.67. The molecule has 98 valence electrons. The maximum atomic E-state index is 4.34. The van der Waals surface area contributed by atoms with E-state index in [0.717, 1.165) is 22.5 Å². The van der Waals surface area contributed by atoms with Crippen molar-refractivity contribution in [3.05, 3.63) is 97.5 Å². The first kappa shape index (κ1) is 13.7. The maximum absolute atomic E-state index is 4.34. The molecular weight excluding hydrogens is 244 g/mol. The Balaban J connectivity index is 2.45. The predicted molar refractivity (Wildman–Crippen MR) is 85.6 cm³/mol. The van der Waals surface area contributed by atoms with Gasteiger partial charge in [0.15, 0.2) is 0 Å². The van der Waals surface area contributed by atoms with Gasteiger partial charge in [-0.05, 0) is 18.2 Å². The van der Waals surface area contributed by atoms with Crippen LogP contribution in [0.3, 0.4) is 0 Å². The molecule has 1 heterocycles. The van der Waals surface area contributed by atoms with Crippen molar-refractivity contribution < 1.29 is 0 Å². The Morgan fingerprint density at radius 1 is 1.00 bits per heavy atom. The summed E-state index contributed by atoms with van der Waals surface area (Å²) in [6.07, 6.45) is 7.05. The summed E-state index contributed by atoms with van der Waals surface area (Å²) < 4.78 is 0. The minimum Gasteiger partial charge on any atom is -0.257 e. The van der Waals surface area contributed by atoms with E-state index in [1.807, 2.05) is 54.6 Å². The van der Waals surface area contributed by atoms with Crippen LogP contribution in [0.2, 0.25) is 0 Å². The maximum Gasteiger partial charge on any atom is 0.0708 e. The quantitative estimate of drug-likeness (QED) is 0.581. The van der Waals surface area contributed by atoms with E-state index in [1.165, 1.54) is 6.20 Å². The van der Waals surface area contributed by atoms with Crippen LogP contribution in [0.4, 0.5) is 0 Å². The fourth-order valence-electron chi connectivity index (χ4n) is 1.82. The number of benzene rings is 1. The van der Waals surface area contributed by atoms with Crippen molar-refractivity contribution in [2.24, 2.45) is 4.99 Å². The van der Waals surface area contributed by atoms with Crippen molar-refractivity contribution >= 4 is 11.3 Å². The Labute approximate surface area is 119 Å². The van der Waals surface area contributed by atoms with Crippen LogP contribution in [0.25, 0.3) is 5.57 Å². The molecule has 0 radical (unpaired) electrons. The number of allylic oxidation sites excluding steroid dienone is 3. The summed E-state index contributed by atoms with van der Waals surface area (Å²) in [5, 5.41) is 0. The van der Waals surface area contributed by atoms with Crippen LogP contribution in [0.15, 0.2) is 91.2 Å². The Morgan fingerprint density at radius 3 is 2.35 bits per heavy atom. The Hall–Kier alpha value is -2.74. The molecule has 0 aliphatic carbocycles. The molecule has 0 aliphatic rings. The van der Waals surface area contributed by atoms with E-state index < -0.39 is 0 Å². The number of aromatic nitrogens is 1. The Bertz CT molecular complexity index is 638. The van der Waals surface area contributed by atoms with Crippen molar-refractivity contribution in [3.8, 4) is 0 Å². The molecule has 0 fully saturated rings. The number of rotatable bonds is 5. The molecule has 0 bridgehead atoms. The molecule has 0 amide bonds. The third kappa shape index (κ3) is 3.39. The van der Waals surface area contributed by atoms with E-state index in [1.54, 1.807) is 12.3 Å². The standard InChI is InChI=1S/C18H16N2/c1-3-15(17-12-8-9-13-20-17)14-18(19-4-2)16-10-6-5-7-11-16/h3-14H,1-2H2/b15-14+,19-18?. The van der Waals surface area contributed by atoms with Gasteiger partial charge in [0.25, 0.3) is 0 Å². The summed E-state index contributed by atoms with van der Waals surface area (Å²) in [6, 6.07) is 15.8. The Kier molecular flexibility index (Phi) is 4.79. The van der Waals surface area contributed by atoms with Gasteiger partial charge in [-0.1, -0.05) is 55.6 Å². The highest BCUT2D eigenvalue weighted by Crippen LogP contribution is 2.14. The minimum absolute atomic E-state index is 0.834. The summed E-state index contributed by atoms with van der Waals surface area (Å²) in [5.41, 5.74) is 3.66. The number of hydrogen-bond acceptors (Lipinski definition) is 2. The van der Waals surface area contributed by atoms with Crippen LogP contribution < -0.4 is 0 Å². The van der Waals surface area contributed by atoms with Crippen molar-refractivity contribution in [2.75, 3.05) is 0 Å². The molecule has 1 aromatic carbocycles. The molecule has 1 aromatic heterocycles. The second kappa shape index (κ2) is 7.00. The summed E-state index contributed by atoms with van der Waals surface area (Å²) in [7, 11) is 0. The molecule has 0 saturated carbocycles. The molecule has 0 atom stereocenters. The SMILES string of the molecule is C=CN=C(/C=C(\C=C)c1ccccn1)c1ccccc1. The molecule has 20 heavy (non-hydrogen) atoms. The van der Waals surface area contributed by atoms with Crippen LogP contribution in [-0.4, -0.2) is 10.7 Å². The number of pyridine rings is 1. The van der Waals surface area contributed by atoms with Gasteiger partial charge in [-0.3, -0.25) is 9.98 Å². The molecule has 0 N–H and O–H groups in total. The first-order valence-electron chi connectivity index (χ1n) is 6.35. The predicted octanol–water partition coefficient (Wildman–Crippen LogP) is 4.28. The van der Waals surface area contributed by atoms with Crippen molar-refractivity contribution in [3.63, 3.8) is 0 Å². The highest BCUT2D eigenvalue weighted by Gasteiger charge is 2.03. The molecule has 2 nitrogen and oxygen atoms in total. The minimum atomic E-state index is 0.834. The number of nitrogens with zero attached hydrogens (tertiary/aromatic N) is 2. The van der Waals surface area contributed by atoms with Crippen molar-refractivity contribution in [1.82, 2.24) is 4.98 Å². The fraction of sp³-hybridized carbons (Fsp3) is 0. The van der Waals surface area contributed by atoms with Crippen molar-refractivity contribution in [1.29, 1.82) is 0 Å². The van der Waals surface area contributed by atoms with E-state index in [9.17, 15) is 0 Å². The van der Waals surface area contributed by atoms with Gasteiger partial charge in [-0.2, -0.15) is 0 Å². The van der Waals surface area contributed by atoms with Crippen molar-refractivity contribution in [2.45, 2.75) is 0 Å². The normalized spacial score (nSPS) is 12.0. The lowest BCUT2D eigenvalue weighted by Gasteiger charge is -2.04. The van der Waals surface area contributed by atoms with Gasteiger partial charge in [-0.25, -0.2) is 0 Å². The van der Waals surface area contributed by atoms with Gasteiger partial charge in [0.1, 0.15) is 0 Å². The van der Waals surface area contributed by atoms with Gasteiger partial charge in [0.05, 0.1) is 11.4 Å². The highest BCUT2D eigenvalue weighted by atomic mass is 14.7. The molecule has 2 rings (SSSR count). The fourth-order valence-corrected chi connectivity index (χ4v) is 1.82. The monoisotopic (exact) mass is 260 g/mol. The molecule has 0 spiro atoms. The van der Waals surface area contributed by atoms with Crippen LogP contribution in [0, 0.1) is 0 Å². The van der Waals surface area contributed by atoms with Crippen LogP contribution in [-0.2, 0) is 0 Å². The van der Waals surface area contributed by atoms with Crippen LogP contribution in [0.1, 0.15) is 11.3 Å². The van der Waals surface area contributed by atoms with Gasteiger partial charge < -0.3 is 0 Å². The lowest BCUT2D eigenvalue weighted by atomic mass is 10.0. The third-order valence-electron chi connectivity index (χ3n) is 2.77. The lowest BCUT2D eigenvalue weighted by Crippen LogP contribution is -1.98. The Morgan fingerprint density at radius 2 is 1.75 bits per heavy atom. The van der Waals surface area contributed by atoms with Gasteiger partial charge in [0, 0.05) is 23.5 Å². The molecule has 0 saturated heterocycles. The number of hydrogen-bond donors (Lipinski definition) is 0. The van der Waals surface area contributed by atoms with Gasteiger partial charge >= 0.3 is 0 Å². The first-order valence-corrected chi connectivity index (χ1v) is 6.35. The zero-order valence-corrected chi connectivity index (χ0v) is 11.2. The smallest absolute Gasteiger partial charge is 0.0708 e. The topological polar surface area (TPSA) is 25.2 Å². The molecule has 2 aromatic rings. The zero-order chi connectivity index (χ0) is 14.2. The lowest BCUT2D eigenvalue weighted by molar-refractivity contribution is 1.28. The van der Waals surface area contributed by atoms with Gasteiger partial charge in [-0.15, -0.1) is 0 Å². The first-order chi connectivity index (χ1) is 9.85.